The van der Waals surface area contributed by atoms with E-state index in [0.717, 1.165) is 11.3 Å². The van der Waals surface area contributed by atoms with Crippen LogP contribution in [0.1, 0.15) is 12.5 Å². The maximum atomic E-state index is 12.6. The van der Waals surface area contributed by atoms with Crippen molar-refractivity contribution >= 4 is 21.6 Å². The summed E-state index contributed by atoms with van der Waals surface area (Å²) < 4.78 is 32.1. The van der Waals surface area contributed by atoms with Crippen molar-refractivity contribution in [1.29, 1.82) is 0 Å². The number of hydrogen-bond acceptors (Lipinski definition) is 4. The minimum Gasteiger partial charge on any atom is -0.481 e. The molecule has 2 aromatic carbocycles. The molecule has 0 saturated heterocycles. The molecule has 1 aliphatic rings. The van der Waals surface area contributed by atoms with E-state index in [0.29, 0.717) is 18.7 Å². The van der Waals surface area contributed by atoms with Crippen molar-refractivity contribution in [3.05, 3.63) is 60.2 Å². The number of fused-ring (bicyclic) bond motifs is 1. The van der Waals surface area contributed by atoms with Crippen LogP contribution in [-0.2, 0) is 21.2 Å². The molecule has 26 heavy (non-hydrogen) atoms. The summed E-state index contributed by atoms with van der Waals surface area (Å²) in [5.41, 5.74) is 1.77. The Labute approximate surface area is 153 Å². The molecule has 1 heterocycles. The van der Waals surface area contributed by atoms with Crippen molar-refractivity contribution in [2.75, 3.05) is 23.1 Å². The lowest BCUT2D eigenvalue weighted by molar-refractivity contribution is -0.127. The number of nitrogens with zero attached hydrogens (tertiary/aromatic N) is 1. The van der Waals surface area contributed by atoms with Crippen LogP contribution in [0, 0.1) is 0 Å². The average Bonchev–Trinajstić information content (AvgIpc) is 3.07. The Morgan fingerprint density at radius 3 is 2.62 bits per heavy atom. The number of carbonyl (C=O) groups is 1. The molecule has 0 aliphatic carbocycles. The molecule has 0 radical (unpaired) electrons. The van der Waals surface area contributed by atoms with E-state index in [1.807, 2.05) is 42.5 Å². The van der Waals surface area contributed by atoms with Gasteiger partial charge in [0.05, 0.1) is 11.4 Å². The normalized spacial score (nSPS) is 14.6. The van der Waals surface area contributed by atoms with Gasteiger partial charge in [-0.05, 0) is 37.1 Å². The van der Waals surface area contributed by atoms with Crippen molar-refractivity contribution in [2.45, 2.75) is 19.4 Å². The van der Waals surface area contributed by atoms with Gasteiger partial charge in [-0.25, -0.2) is 8.42 Å². The third kappa shape index (κ3) is 4.16. The van der Waals surface area contributed by atoms with Crippen molar-refractivity contribution in [2.24, 2.45) is 0 Å². The molecular formula is C19H22N2O4S. The molecule has 0 aromatic heterocycles. The molecule has 1 amide bonds. The summed E-state index contributed by atoms with van der Waals surface area (Å²) in [6.45, 7) is 2.12. The van der Waals surface area contributed by atoms with Crippen molar-refractivity contribution < 1.29 is 17.9 Å². The zero-order valence-electron chi connectivity index (χ0n) is 14.6. The van der Waals surface area contributed by atoms with Gasteiger partial charge >= 0.3 is 0 Å². The van der Waals surface area contributed by atoms with Crippen molar-refractivity contribution in [3.8, 4) is 5.75 Å². The van der Waals surface area contributed by atoms with E-state index in [1.165, 1.54) is 4.31 Å². The smallest absolute Gasteiger partial charge is 0.260 e. The van der Waals surface area contributed by atoms with Crippen LogP contribution in [0.3, 0.4) is 0 Å². The van der Waals surface area contributed by atoms with Crippen molar-refractivity contribution in [3.63, 3.8) is 0 Å². The molecule has 1 N–H and O–H groups in total. The first-order valence-electron chi connectivity index (χ1n) is 8.55. The lowest BCUT2D eigenvalue weighted by Gasteiger charge is -2.20. The molecule has 1 atom stereocenters. The first-order chi connectivity index (χ1) is 12.5. The standard InChI is InChI=1S/C19H22N2O4S/c1-15(25-17-8-3-2-4-9-17)19(22)20-12-14-26(23,24)21-13-11-16-7-5-6-10-18(16)21/h2-10,15H,11-14H2,1H3,(H,20,22)/t15-/m1/s1. The van der Waals surface area contributed by atoms with E-state index < -0.39 is 16.1 Å². The zero-order chi connectivity index (χ0) is 18.6. The van der Waals surface area contributed by atoms with Gasteiger partial charge in [0.15, 0.2) is 6.10 Å². The van der Waals surface area contributed by atoms with Gasteiger partial charge < -0.3 is 10.1 Å². The van der Waals surface area contributed by atoms with Gasteiger partial charge in [-0.15, -0.1) is 0 Å². The number of ether oxygens (including phenoxy) is 1. The molecule has 2 aromatic rings. The van der Waals surface area contributed by atoms with Crippen LogP contribution < -0.4 is 14.4 Å². The molecule has 0 spiro atoms. The molecule has 0 bridgehead atoms. The number of hydrogen-bond donors (Lipinski definition) is 1. The average molecular weight is 374 g/mol. The number of sulfonamides is 1. The topological polar surface area (TPSA) is 75.7 Å². The van der Waals surface area contributed by atoms with Gasteiger partial charge in [0.25, 0.3) is 5.91 Å². The summed E-state index contributed by atoms with van der Waals surface area (Å²) in [6, 6.07) is 16.5. The SMILES string of the molecule is C[C@@H](Oc1ccccc1)C(=O)NCCS(=O)(=O)N1CCc2ccccc21. The fraction of sp³-hybridized carbons (Fsp3) is 0.316. The molecule has 6 nitrogen and oxygen atoms in total. The number of para-hydroxylation sites is 2. The molecule has 7 heteroatoms. The Hall–Kier alpha value is -2.54. The molecule has 138 valence electrons. The summed E-state index contributed by atoms with van der Waals surface area (Å²) in [4.78, 5) is 12.1. The third-order valence-corrected chi connectivity index (χ3v) is 6.04. The summed E-state index contributed by atoms with van der Waals surface area (Å²) in [6.07, 6.45) is 0.0107. The predicted octanol–water partition coefficient (Wildman–Crippen LogP) is 1.96. The molecular weight excluding hydrogens is 352 g/mol. The predicted molar refractivity (Wildman–Crippen MR) is 101 cm³/mol. The lowest BCUT2D eigenvalue weighted by atomic mass is 10.2. The highest BCUT2D eigenvalue weighted by Gasteiger charge is 2.29. The first kappa shape index (κ1) is 18.3. The van der Waals surface area contributed by atoms with Gasteiger partial charge in [0, 0.05) is 13.1 Å². The van der Waals surface area contributed by atoms with Gasteiger partial charge in [-0.3, -0.25) is 9.10 Å². The Morgan fingerprint density at radius 2 is 1.85 bits per heavy atom. The lowest BCUT2D eigenvalue weighted by Crippen LogP contribution is -2.41. The first-order valence-corrected chi connectivity index (χ1v) is 10.2. The summed E-state index contributed by atoms with van der Waals surface area (Å²) in [7, 11) is -3.48. The maximum absolute atomic E-state index is 12.6. The van der Waals surface area contributed by atoms with E-state index >= 15 is 0 Å². The fourth-order valence-corrected chi connectivity index (χ4v) is 4.34. The molecule has 3 rings (SSSR count). The second kappa shape index (κ2) is 7.78. The number of carbonyl (C=O) groups excluding carboxylic acids is 1. The van der Waals surface area contributed by atoms with E-state index in [4.69, 9.17) is 4.74 Å². The Balaban J connectivity index is 1.52. The highest BCUT2D eigenvalue weighted by molar-refractivity contribution is 7.92. The second-order valence-electron chi connectivity index (χ2n) is 6.13. The number of amides is 1. The van der Waals surface area contributed by atoms with E-state index in [9.17, 15) is 13.2 Å². The van der Waals surface area contributed by atoms with Crippen LogP contribution in [-0.4, -0.2) is 39.3 Å². The Morgan fingerprint density at radius 1 is 1.15 bits per heavy atom. The number of benzene rings is 2. The highest BCUT2D eigenvalue weighted by atomic mass is 32.2. The van der Waals surface area contributed by atoms with Crippen LogP contribution in [0.2, 0.25) is 0 Å². The maximum Gasteiger partial charge on any atom is 0.260 e. The van der Waals surface area contributed by atoms with Crippen molar-refractivity contribution in [1.82, 2.24) is 5.32 Å². The van der Waals surface area contributed by atoms with E-state index in [2.05, 4.69) is 5.32 Å². The molecule has 1 aliphatic heterocycles. The van der Waals surface area contributed by atoms with Crippen LogP contribution in [0.25, 0.3) is 0 Å². The molecule has 0 fully saturated rings. The monoisotopic (exact) mass is 374 g/mol. The Kier molecular flexibility index (Phi) is 5.46. The summed E-state index contributed by atoms with van der Waals surface area (Å²) >= 11 is 0. The number of anilines is 1. The molecule has 0 unspecified atom stereocenters. The number of rotatable bonds is 7. The summed E-state index contributed by atoms with van der Waals surface area (Å²) in [5, 5.41) is 2.64. The second-order valence-corrected chi connectivity index (χ2v) is 8.14. The quantitative estimate of drug-likeness (QED) is 0.804. The number of nitrogens with one attached hydrogen (secondary N) is 1. The van der Waals surface area contributed by atoms with E-state index in [-0.39, 0.29) is 18.2 Å². The van der Waals surface area contributed by atoms with Gasteiger partial charge in [-0.1, -0.05) is 36.4 Å². The minimum absolute atomic E-state index is 0.0440. The fourth-order valence-electron chi connectivity index (χ4n) is 2.91. The molecule has 0 saturated carbocycles. The van der Waals surface area contributed by atoms with E-state index in [1.54, 1.807) is 19.1 Å². The van der Waals surface area contributed by atoms with Gasteiger partial charge in [0.1, 0.15) is 5.75 Å². The zero-order valence-corrected chi connectivity index (χ0v) is 15.4. The summed E-state index contributed by atoms with van der Waals surface area (Å²) in [5.74, 6) is 0.104. The highest BCUT2D eigenvalue weighted by Crippen LogP contribution is 2.29. The van der Waals surface area contributed by atoms with Crippen LogP contribution in [0.5, 0.6) is 5.75 Å². The van der Waals surface area contributed by atoms with Gasteiger partial charge in [0.2, 0.25) is 10.0 Å². The Bertz CT molecular complexity index is 868. The van der Waals surface area contributed by atoms with Crippen LogP contribution in [0.15, 0.2) is 54.6 Å². The van der Waals surface area contributed by atoms with Crippen LogP contribution in [0.4, 0.5) is 5.69 Å². The largest absolute Gasteiger partial charge is 0.481 e. The minimum atomic E-state index is -3.48. The van der Waals surface area contributed by atoms with Crippen LogP contribution >= 0.6 is 0 Å². The van der Waals surface area contributed by atoms with Gasteiger partial charge in [-0.2, -0.15) is 0 Å². The third-order valence-electron chi connectivity index (χ3n) is 4.26.